The van der Waals surface area contributed by atoms with Gasteiger partial charge in [0, 0.05) is 11.1 Å². The van der Waals surface area contributed by atoms with Crippen LogP contribution in [0.4, 0.5) is 0 Å². The molecule has 0 amide bonds. The summed E-state index contributed by atoms with van der Waals surface area (Å²) < 4.78 is 6.38. The summed E-state index contributed by atoms with van der Waals surface area (Å²) in [7, 11) is 0. The molecule has 0 aliphatic heterocycles. The molecule has 0 spiro atoms. The van der Waals surface area contributed by atoms with Crippen LogP contribution in [0.3, 0.4) is 0 Å². The van der Waals surface area contributed by atoms with Crippen LogP contribution in [0, 0.1) is 0 Å². The topological polar surface area (TPSA) is 67.5 Å². The number of aromatic hydroxyl groups is 1. The van der Waals surface area contributed by atoms with Gasteiger partial charge in [-0.3, -0.25) is 9.59 Å². The molecule has 0 aliphatic rings. The van der Waals surface area contributed by atoms with E-state index >= 15 is 0 Å². The molecule has 38 heavy (non-hydrogen) atoms. The Morgan fingerprint density at radius 2 is 1.26 bits per heavy atom. The summed E-state index contributed by atoms with van der Waals surface area (Å²) in [5.41, 5.74) is 2.67. The highest BCUT2D eigenvalue weighted by Gasteiger charge is 2.21. The number of rotatable bonds is 3. The molecule has 0 fully saturated rings. The van der Waals surface area contributed by atoms with Gasteiger partial charge in [0.2, 0.25) is 5.43 Å². The van der Waals surface area contributed by atoms with Crippen LogP contribution in [-0.2, 0) is 0 Å². The zero-order chi connectivity index (χ0) is 25.8. The first-order valence-corrected chi connectivity index (χ1v) is 12.3. The smallest absolute Gasteiger partial charge is 0.200 e. The zero-order valence-corrected chi connectivity index (χ0v) is 20.1. The molecule has 0 unspecified atom stereocenters. The monoisotopic (exact) mass is 492 g/mol. The van der Waals surface area contributed by atoms with Gasteiger partial charge in [0.15, 0.2) is 5.78 Å². The van der Waals surface area contributed by atoms with Crippen molar-refractivity contribution >= 4 is 49.3 Å². The summed E-state index contributed by atoms with van der Waals surface area (Å²) in [5.74, 6) is -0.482. The van der Waals surface area contributed by atoms with Gasteiger partial charge in [-0.05, 0) is 69.6 Å². The molecule has 1 aromatic heterocycles. The van der Waals surface area contributed by atoms with Crippen molar-refractivity contribution in [3.05, 3.63) is 137 Å². The summed E-state index contributed by atoms with van der Waals surface area (Å²) in [6.07, 6.45) is 0. The van der Waals surface area contributed by atoms with Crippen molar-refractivity contribution in [3.8, 4) is 16.9 Å². The van der Waals surface area contributed by atoms with Gasteiger partial charge in [0.1, 0.15) is 16.9 Å². The maximum Gasteiger partial charge on any atom is 0.200 e. The SMILES string of the molecule is O=C(c1cc(-c2cc3ccccc3c3ccccc23)c2oc3ccccc3c(=O)c2c1)c1ccccc1O. The first-order valence-electron chi connectivity index (χ1n) is 12.3. The number of fused-ring (bicyclic) bond motifs is 5. The zero-order valence-electron chi connectivity index (χ0n) is 20.1. The van der Waals surface area contributed by atoms with Crippen LogP contribution in [0.15, 0.2) is 124 Å². The largest absolute Gasteiger partial charge is 0.507 e. The van der Waals surface area contributed by atoms with Crippen molar-refractivity contribution in [1.29, 1.82) is 0 Å². The maximum atomic E-state index is 13.7. The minimum absolute atomic E-state index is 0.110. The third kappa shape index (κ3) is 3.31. The van der Waals surface area contributed by atoms with Crippen LogP contribution < -0.4 is 5.43 Å². The summed E-state index contributed by atoms with van der Waals surface area (Å²) in [6, 6.07) is 35.2. The average Bonchev–Trinajstić information content (AvgIpc) is 2.96. The molecular weight excluding hydrogens is 472 g/mol. The van der Waals surface area contributed by atoms with Crippen molar-refractivity contribution in [3.63, 3.8) is 0 Å². The molecule has 0 radical (unpaired) electrons. The van der Waals surface area contributed by atoms with Crippen molar-refractivity contribution in [2.75, 3.05) is 0 Å². The lowest BCUT2D eigenvalue weighted by Crippen LogP contribution is -2.07. The minimum Gasteiger partial charge on any atom is -0.507 e. The van der Waals surface area contributed by atoms with Crippen molar-refractivity contribution in [1.82, 2.24) is 0 Å². The molecule has 7 rings (SSSR count). The second kappa shape index (κ2) is 8.43. The molecule has 0 saturated carbocycles. The molecule has 1 N–H and O–H groups in total. The van der Waals surface area contributed by atoms with Crippen LogP contribution in [0.2, 0.25) is 0 Å². The van der Waals surface area contributed by atoms with Gasteiger partial charge < -0.3 is 9.52 Å². The summed E-state index contributed by atoms with van der Waals surface area (Å²) in [6.45, 7) is 0. The first-order chi connectivity index (χ1) is 18.6. The van der Waals surface area contributed by atoms with Gasteiger partial charge in [-0.1, -0.05) is 72.8 Å². The van der Waals surface area contributed by atoms with E-state index in [2.05, 4.69) is 24.3 Å². The fourth-order valence-corrected chi connectivity index (χ4v) is 5.34. The van der Waals surface area contributed by atoms with E-state index in [1.807, 2.05) is 36.4 Å². The van der Waals surface area contributed by atoms with E-state index < -0.39 is 0 Å². The van der Waals surface area contributed by atoms with Crippen LogP contribution in [0.25, 0.3) is 54.6 Å². The van der Waals surface area contributed by atoms with Crippen LogP contribution in [-0.4, -0.2) is 10.9 Å². The molecule has 7 aromatic rings. The average molecular weight is 493 g/mol. The van der Waals surface area contributed by atoms with Crippen molar-refractivity contribution in [2.24, 2.45) is 0 Å². The number of hydrogen-bond acceptors (Lipinski definition) is 4. The Morgan fingerprint density at radius 1 is 0.605 bits per heavy atom. The number of phenols is 1. The third-order valence-corrected chi connectivity index (χ3v) is 7.15. The number of benzene rings is 6. The van der Waals surface area contributed by atoms with Crippen LogP contribution >= 0.6 is 0 Å². The van der Waals surface area contributed by atoms with Gasteiger partial charge in [-0.25, -0.2) is 0 Å². The highest BCUT2D eigenvalue weighted by atomic mass is 16.3. The fraction of sp³-hybridized carbons (Fsp3) is 0. The molecule has 1 heterocycles. The number of ketones is 1. The fourth-order valence-electron chi connectivity index (χ4n) is 5.34. The van der Waals surface area contributed by atoms with Gasteiger partial charge in [0.05, 0.1) is 16.3 Å². The Hall–Kier alpha value is -5.22. The normalized spacial score (nSPS) is 11.5. The van der Waals surface area contributed by atoms with Gasteiger partial charge in [0.25, 0.3) is 0 Å². The molecule has 0 atom stereocenters. The predicted octanol–water partition coefficient (Wildman–Crippen LogP) is 7.86. The van der Waals surface area contributed by atoms with Crippen LogP contribution in [0.5, 0.6) is 5.75 Å². The number of phenolic OH excluding ortho intramolecular Hbond substituents is 1. The van der Waals surface area contributed by atoms with Gasteiger partial charge in [-0.2, -0.15) is 0 Å². The molecule has 0 bridgehead atoms. The quantitative estimate of drug-likeness (QED) is 0.155. The van der Waals surface area contributed by atoms with E-state index in [9.17, 15) is 14.7 Å². The Bertz CT molecular complexity index is 2140. The van der Waals surface area contributed by atoms with E-state index in [-0.39, 0.29) is 22.5 Å². The second-order valence-corrected chi connectivity index (χ2v) is 9.36. The van der Waals surface area contributed by atoms with E-state index in [1.165, 1.54) is 6.07 Å². The Morgan fingerprint density at radius 3 is 2.08 bits per heavy atom. The molecule has 4 nitrogen and oxygen atoms in total. The molecule has 180 valence electrons. The predicted molar refractivity (Wildman–Crippen MR) is 152 cm³/mol. The van der Waals surface area contributed by atoms with E-state index in [4.69, 9.17) is 4.42 Å². The second-order valence-electron chi connectivity index (χ2n) is 9.36. The van der Waals surface area contributed by atoms with E-state index in [0.29, 0.717) is 33.1 Å². The number of hydrogen-bond donors (Lipinski definition) is 1. The Kier molecular flexibility index (Phi) is 4.88. The molecular formula is C34H20O4. The molecule has 0 saturated heterocycles. The van der Waals surface area contributed by atoms with Crippen LogP contribution in [0.1, 0.15) is 15.9 Å². The number of carbonyl (C=O) groups is 1. The van der Waals surface area contributed by atoms with E-state index in [0.717, 1.165) is 27.1 Å². The summed E-state index contributed by atoms with van der Waals surface area (Å²) in [4.78, 5) is 27.4. The third-order valence-electron chi connectivity index (χ3n) is 7.15. The van der Waals surface area contributed by atoms with Crippen molar-refractivity contribution < 1.29 is 14.3 Å². The standard InChI is InChI=1S/C34H20O4/c35-30-15-7-5-13-25(30)32(36)21-18-28(34-29(19-21)33(37)26-14-6-8-16-31(26)38-34)27-17-20-9-1-2-10-22(20)23-11-3-4-12-24(23)27/h1-19,35H. The number of carbonyl (C=O) groups excluding carboxylic acids is 1. The first kappa shape index (κ1) is 22.0. The highest BCUT2D eigenvalue weighted by molar-refractivity contribution is 6.18. The van der Waals surface area contributed by atoms with Crippen molar-refractivity contribution in [2.45, 2.75) is 0 Å². The molecule has 0 aliphatic carbocycles. The summed E-state index contributed by atoms with van der Waals surface area (Å²) >= 11 is 0. The maximum absolute atomic E-state index is 13.7. The minimum atomic E-state index is -0.371. The lowest BCUT2D eigenvalue weighted by atomic mass is 9.90. The lowest BCUT2D eigenvalue weighted by Gasteiger charge is -2.14. The van der Waals surface area contributed by atoms with Gasteiger partial charge in [-0.15, -0.1) is 0 Å². The Labute approximate surface area is 217 Å². The molecule has 6 aromatic carbocycles. The number of para-hydroxylation sites is 2. The lowest BCUT2D eigenvalue weighted by molar-refractivity contribution is 0.103. The highest BCUT2D eigenvalue weighted by Crippen LogP contribution is 2.39. The molecule has 4 heteroatoms. The Balaban J connectivity index is 1.64. The van der Waals surface area contributed by atoms with Gasteiger partial charge >= 0.3 is 0 Å². The summed E-state index contributed by atoms with van der Waals surface area (Å²) in [5, 5.41) is 15.4. The van der Waals surface area contributed by atoms with E-state index in [1.54, 1.807) is 48.5 Å².